The van der Waals surface area contributed by atoms with E-state index >= 15 is 0 Å². The molecule has 2 aromatic rings. The highest BCUT2D eigenvalue weighted by Gasteiger charge is 2.26. The molecule has 2 N–H and O–H groups in total. The molecular weight excluding hydrogens is 306 g/mol. The van der Waals surface area contributed by atoms with Crippen LogP contribution in [-0.2, 0) is 0 Å². The molecule has 6 nitrogen and oxygen atoms in total. The van der Waals surface area contributed by atoms with Gasteiger partial charge in [-0.2, -0.15) is 0 Å². The molecule has 3 rings (SSSR count). The highest BCUT2D eigenvalue weighted by Crippen LogP contribution is 2.23. The second kappa shape index (κ2) is 7.13. The fourth-order valence-electron chi connectivity index (χ4n) is 3.44. The van der Waals surface area contributed by atoms with Crippen LogP contribution in [0.2, 0.25) is 0 Å². The number of nitrogens with one attached hydrogen (secondary N) is 1. The minimum Gasteiger partial charge on any atom is -0.396 e. The Labute approximate surface area is 140 Å². The van der Waals surface area contributed by atoms with E-state index in [-0.39, 0.29) is 29.7 Å². The third kappa shape index (κ3) is 3.19. The number of rotatable bonds is 3. The second-order valence-corrected chi connectivity index (χ2v) is 6.52. The van der Waals surface area contributed by atoms with Gasteiger partial charge in [-0.25, -0.2) is 4.98 Å². The normalized spacial score (nSPS) is 21.4. The molecule has 0 spiro atoms. The summed E-state index contributed by atoms with van der Waals surface area (Å²) in [7, 11) is 0. The fraction of sp³-hybridized carbons (Fsp3) is 0.500. The predicted molar refractivity (Wildman–Crippen MR) is 91.1 cm³/mol. The van der Waals surface area contributed by atoms with Gasteiger partial charge < -0.3 is 10.4 Å². The number of nitrogens with zero attached hydrogens (tertiary/aromatic N) is 2. The maximum atomic E-state index is 12.6. The summed E-state index contributed by atoms with van der Waals surface area (Å²) in [6, 6.07) is 3.54. The molecule has 128 valence electrons. The van der Waals surface area contributed by atoms with Crippen LogP contribution in [0.3, 0.4) is 0 Å². The first-order chi connectivity index (χ1) is 11.6. The predicted octanol–water partition coefficient (Wildman–Crippen LogP) is 1.67. The van der Waals surface area contributed by atoms with Crippen LogP contribution < -0.4 is 10.9 Å². The van der Waals surface area contributed by atoms with Crippen molar-refractivity contribution in [3.05, 3.63) is 46.0 Å². The SMILES string of the molecule is Cc1cccn2c(=O)c(C(=O)NC3CCCCCC3CO)cnc12. The number of aromatic nitrogens is 2. The average molecular weight is 329 g/mol. The summed E-state index contributed by atoms with van der Waals surface area (Å²) in [6.07, 6.45) is 7.91. The van der Waals surface area contributed by atoms with Crippen molar-refractivity contribution >= 4 is 11.6 Å². The molecule has 6 heteroatoms. The van der Waals surface area contributed by atoms with Crippen LogP contribution in [0.15, 0.2) is 29.3 Å². The monoisotopic (exact) mass is 329 g/mol. The molecule has 2 aromatic heterocycles. The molecule has 2 unspecified atom stereocenters. The third-order valence-corrected chi connectivity index (χ3v) is 4.88. The van der Waals surface area contributed by atoms with Crippen molar-refractivity contribution in [2.75, 3.05) is 6.61 Å². The lowest BCUT2D eigenvalue weighted by atomic mass is 9.95. The van der Waals surface area contributed by atoms with Crippen LogP contribution >= 0.6 is 0 Å². The molecule has 1 amide bonds. The standard InChI is InChI=1S/C18H23N3O3/c1-12-6-5-9-21-16(12)19-10-14(18(21)24)17(23)20-15-8-4-2-3-7-13(15)11-22/h5-6,9-10,13,15,22H,2-4,7-8,11H2,1H3,(H,20,23). The van der Waals surface area contributed by atoms with Crippen molar-refractivity contribution < 1.29 is 9.90 Å². The Morgan fingerprint density at radius 1 is 1.38 bits per heavy atom. The minimum absolute atomic E-state index is 0.0408. The van der Waals surface area contributed by atoms with Crippen molar-refractivity contribution in [3.8, 4) is 0 Å². The van der Waals surface area contributed by atoms with Gasteiger partial charge in [0.1, 0.15) is 11.2 Å². The van der Waals surface area contributed by atoms with Crippen LogP contribution in [0, 0.1) is 12.8 Å². The number of hydrogen-bond acceptors (Lipinski definition) is 4. The lowest BCUT2D eigenvalue weighted by molar-refractivity contribution is 0.0897. The number of amides is 1. The number of aliphatic hydroxyl groups is 1. The highest BCUT2D eigenvalue weighted by molar-refractivity contribution is 5.94. The van der Waals surface area contributed by atoms with Gasteiger partial charge in [-0.1, -0.05) is 25.3 Å². The van der Waals surface area contributed by atoms with Gasteiger partial charge in [0, 0.05) is 31.0 Å². The highest BCUT2D eigenvalue weighted by atomic mass is 16.3. The fourth-order valence-corrected chi connectivity index (χ4v) is 3.44. The van der Waals surface area contributed by atoms with Crippen molar-refractivity contribution in [1.82, 2.24) is 14.7 Å². The zero-order chi connectivity index (χ0) is 17.1. The molecule has 1 fully saturated rings. The number of fused-ring (bicyclic) bond motifs is 1. The number of carbonyl (C=O) groups excluding carboxylic acids is 1. The van der Waals surface area contributed by atoms with Crippen LogP contribution in [0.4, 0.5) is 0 Å². The third-order valence-electron chi connectivity index (χ3n) is 4.88. The quantitative estimate of drug-likeness (QED) is 0.839. The van der Waals surface area contributed by atoms with Crippen LogP contribution in [-0.4, -0.2) is 33.0 Å². The number of pyridine rings is 1. The number of aliphatic hydroxyl groups excluding tert-OH is 1. The Morgan fingerprint density at radius 2 is 2.17 bits per heavy atom. The van der Waals surface area contributed by atoms with Gasteiger partial charge in [-0.15, -0.1) is 0 Å². The first kappa shape index (κ1) is 16.6. The summed E-state index contributed by atoms with van der Waals surface area (Å²) in [5, 5.41) is 12.5. The van der Waals surface area contributed by atoms with Gasteiger partial charge in [0.25, 0.3) is 11.5 Å². The van der Waals surface area contributed by atoms with E-state index in [4.69, 9.17) is 0 Å². The topological polar surface area (TPSA) is 83.7 Å². The molecule has 1 aliphatic carbocycles. The van der Waals surface area contributed by atoms with Gasteiger partial charge in [0.05, 0.1) is 0 Å². The Bertz CT molecular complexity index is 800. The van der Waals surface area contributed by atoms with E-state index in [1.54, 1.807) is 12.3 Å². The molecule has 0 radical (unpaired) electrons. The second-order valence-electron chi connectivity index (χ2n) is 6.52. The van der Waals surface area contributed by atoms with E-state index in [1.165, 1.54) is 10.6 Å². The van der Waals surface area contributed by atoms with Gasteiger partial charge in [-0.05, 0) is 31.4 Å². The summed E-state index contributed by atoms with van der Waals surface area (Å²) < 4.78 is 1.40. The summed E-state index contributed by atoms with van der Waals surface area (Å²) in [5.74, 6) is -0.358. The minimum atomic E-state index is -0.409. The largest absolute Gasteiger partial charge is 0.396 e. The van der Waals surface area contributed by atoms with E-state index in [0.717, 1.165) is 37.7 Å². The first-order valence-electron chi connectivity index (χ1n) is 8.50. The zero-order valence-electron chi connectivity index (χ0n) is 13.9. The first-order valence-corrected chi connectivity index (χ1v) is 8.50. The lowest BCUT2D eigenvalue weighted by Crippen LogP contribution is -2.43. The summed E-state index contributed by atoms with van der Waals surface area (Å²) in [5.41, 5.74) is 1.11. The van der Waals surface area contributed by atoms with E-state index < -0.39 is 5.91 Å². The Morgan fingerprint density at radius 3 is 2.96 bits per heavy atom. The van der Waals surface area contributed by atoms with Crippen molar-refractivity contribution in [2.24, 2.45) is 5.92 Å². The van der Waals surface area contributed by atoms with E-state index in [9.17, 15) is 14.7 Å². The smallest absolute Gasteiger partial charge is 0.270 e. The van der Waals surface area contributed by atoms with E-state index in [0.29, 0.717) is 5.65 Å². The summed E-state index contributed by atoms with van der Waals surface area (Å²) in [4.78, 5) is 29.5. The van der Waals surface area contributed by atoms with Crippen LogP contribution in [0.5, 0.6) is 0 Å². The van der Waals surface area contributed by atoms with Crippen LogP contribution in [0.1, 0.15) is 48.0 Å². The van der Waals surface area contributed by atoms with E-state index in [1.807, 2.05) is 13.0 Å². The maximum absolute atomic E-state index is 12.6. The Balaban J connectivity index is 1.88. The van der Waals surface area contributed by atoms with Crippen molar-refractivity contribution in [3.63, 3.8) is 0 Å². The molecule has 24 heavy (non-hydrogen) atoms. The summed E-state index contributed by atoms with van der Waals surface area (Å²) >= 11 is 0. The molecule has 2 atom stereocenters. The zero-order valence-corrected chi connectivity index (χ0v) is 13.9. The van der Waals surface area contributed by atoms with Gasteiger partial charge >= 0.3 is 0 Å². The van der Waals surface area contributed by atoms with Crippen molar-refractivity contribution in [1.29, 1.82) is 0 Å². The van der Waals surface area contributed by atoms with Gasteiger partial charge in [0.15, 0.2) is 0 Å². The van der Waals surface area contributed by atoms with Crippen molar-refractivity contribution in [2.45, 2.75) is 45.1 Å². The molecule has 0 bridgehead atoms. The molecule has 0 aliphatic heterocycles. The Kier molecular flexibility index (Phi) is 4.94. The molecule has 1 aliphatic rings. The number of hydrogen-bond donors (Lipinski definition) is 2. The number of aryl methyl sites for hydroxylation is 1. The molecular formula is C18H23N3O3. The van der Waals surface area contributed by atoms with Gasteiger partial charge in [-0.3, -0.25) is 14.0 Å². The van der Waals surface area contributed by atoms with Crippen LogP contribution in [0.25, 0.3) is 5.65 Å². The lowest BCUT2D eigenvalue weighted by Gasteiger charge is -2.24. The van der Waals surface area contributed by atoms with E-state index in [2.05, 4.69) is 10.3 Å². The summed E-state index contributed by atoms with van der Waals surface area (Å²) in [6.45, 7) is 1.93. The van der Waals surface area contributed by atoms with Gasteiger partial charge in [0.2, 0.25) is 0 Å². The Hall–Kier alpha value is -2.21. The molecule has 0 aromatic carbocycles. The number of carbonyl (C=O) groups is 1. The molecule has 0 saturated heterocycles. The molecule has 1 saturated carbocycles. The maximum Gasteiger partial charge on any atom is 0.270 e. The average Bonchev–Trinajstić information content (AvgIpc) is 2.80. The molecule has 2 heterocycles.